The summed E-state index contributed by atoms with van der Waals surface area (Å²) in [5.41, 5.74) is 7.82. The van der Waals surface area contributed by atoms with Crippen molar-refractivity contribution in [3.63, 3.8) is 0 Å². The van der Waals surface area contributed by atoms with Crippen LogP contribution in [0, 0.1) is 0 Å². The third-order valence-electron chi connectivity index (χ3n) is 3.91. The first-order valence-corrected chi connectivity index (χ1v) is 8.13. The summed E-state index contributed by atoms with van der Waals surface area (Å²) >= 11 is 0. The molecule has 2 amide bonds. The second kappa shape index (κ2) is 9.27. The van der Waals surface area contributed by atoms with E-state index in [0.29, 0.717) is 13.2 Å². The number of benzene rings is 1. The second-order valence-electron chi connectivity index (χ2n) is 5.63. The topological polar surface area (TPSA) is 93.5 Å². The number of amides is 2. The highest BCUT2D eigenvalue weighted by Gasteiger charge is 2.19. The molecule has 2 rings (SSSR count). The number of ether oxygens (including phenoxy) is 1. The molecule has 1 aliphatic carbocycles. The summed E-state index contributed by atoms with van der Waals surface area (Å²) in [5.74, 6) is -0.547. The Morgan fingerprint density at radius 3 is 2.87 bits per heavy atom. The quantitative estimate of drug-likeness (QED) is 0.614. The molecule has 0 bridgehead atoms. The van der Waals surface area contributed by atoms with Gasteiger partial charge in [-0.25, -0.2) is 0 Å². The van der Waals surface area contributed by atoms with Gasteiger partial charge in [0.25, 0.3) is 0 Å². The molecular formula is C17H25N3O3. The van der Waals surface area contributed by atoms with Gasteiger partial charge in [-0.3, -0.25) is 9.59 Å². The van der Waals surface area contributed by atoms with Crippen molar-refractivity contribution in [1.29, 1.82) is 0 Å². The van der Waals surface area contributed by atoms with E-state index in [9.17, 15) is 9.59 Å². The van der Waals surface area contributed by atoms with Crippen LogP contribution < -0.4 is 16.4 Å². The van der Waals surface area contributed by atoms with Crippen molar-refractivity contribution in [3.05, 3.63) is 35.4 Å². The molecule has 0 aliphatic heterocycles. The van der Waals surface area contributed by atoms with Gasteiger partial charge in [-0.1, -0.05) is 24.3 Å². The first kappa shape index (κ1) is 17.4. The number of fused-ring (bicyclic) bond motifs is 1. The van der Waals surface area contributed by atoms with Gasteiger partial charge in [-0.05, 0) is 36.8 Å². The van der Waals surface area contributed by atoms with Crippen LogP contribution in [0.1, 0.15) is 36.5 Å². The molecule has 0 spiro atoms. The fourth-order valence-electron chi connectivity index (χ4n) is 2.72. The highest BCUT2D eigenvalue weighted by atomic mass is 16.5. The van der Waals surface area contributed by atoms with E-state index in [2.05, 4.69) is 34.9 Å². The smallest absolute Gasteiger partial charge is 0.239 e. The maximum atomic E-state index is 11.5. The van der Waals surface area contributed by atoms with E-state index in [-0.39, 0.29) is 31.0 Å². The Labute approximate surface area is 136 Å². The minimum absolute atomic E-state index is 0.0348. The number of nitrogens with two attached hydrogens (primary N) is 1. The van der Waals surface area contributed by atoms with E-state index < -0.39 is 0 Å². The largest absolute Gasteiger partial charge is 0.373 e. The van der Waals surface area contributed by atoms with Crippen molar-refractivity contribution in [2.24, 2.45) is 5.73 Å². The molecule has 0 fully saturated rings. The van der Waals surface area contributed by atoms with Gasteiger partial charge in [0.05, 0.1) is 19.2 Å². The lowest BCUT2D eigenvalue weighted by Crippen LogP contribution is -2.39. The maximum Gasteiger partial charge on any atom is 0.239 e. The molecule has 6 heteroatoms. The molecule has 1 atom stereocenters. The van der Waals surface area contributed by atoms with E-state index in [1.54, 1.807) is 0 Å². The van der Waals surface area contributed by atoms with Crippen LogP contribution in [0.15, 0.2) is 24.3 Å². The zero-order valence-corrected chi connectivity index (χ0v) is 13.3. The third-order valence-corrected chi connectivity index (χ3v) is 3.91. The molecule has 6 nitrogen and oxygen atoms in total. The van der Waals surface area contributed by atoms with E-state index >= 15 is 0 Å². The Kier molecular flexibility index (Phi) is 7.03. The molecule has 1 unspecified atom stereocenters. The van der Waals surface area contributed by atoms with E-state index in [0.717, 1.165) is 25.7 Å². The molecule has 0 saturated heterocycles. The van der Waals surface area contributed by atoms with Gasteiger partial charge >= 0.3 is 0 Å². The number of aryl methyl sites for hydroxylation is 1. The van der Waals surface area contributed by atoms with Gasteiger partial charge in [0.2, 0.25) is 11.8 Å². The average Bonchev–Trinajstić information content (AvgIpc) is 2.59. The second-order valence-corrected chi connectivity index (χ2v) is 5.63. The van der Waals surface area contributed by atoms with Crippen LogP contribution in [0.5, 0.6) is 0 Å². The van der Waals surface area contributed by atoms with Crippen molar-refractivity contribution in [1.82, 2.24) is 10.6 Å². The van der Waals surface area contributed by atoms with Crippen molar-refractivity contribution in [2.45, 2.75) is 31.8 Å². The summed E-state index contributed by atoms with van der Waals surface area (Å²) in [6.45, 7) is 0.997. The predicted octanol–water partition coefficient (Wildman–Crippen LogP) is 0.662. The lowest BCUT2D eigenvalue weighted by atomic mass is 9.89. The van der Waals surface area contributed by atoms with Crippen molar-refractivity contribution >= 4 is 11.8 Å². The van der Waals surface area contributed by atoms with Crippen LogP contribution in [0.25, 0.3) is 0 Å². The molecule has 23 heavy (non-hydrogen) atoms. The number of carbonyl (C=O) groups excluding carboxylic acids is 2. The van der Waals surface area contributed by atoms with Crippen LogP contribution in [0.2, 0.25) is 0 Å². The SMILES string of the molecule is NCC(=O)NCC(=O)NCCCOC1CCCc2ccccc21. The van der Waals surface area contributed by atoms with Crippen molar-refractivity contribution in [2.75, 3.05) is 26.2 Å². The van der Waals surface area contributed by atoms with Gasteiger partial charge in [-0.15, -0.1) is 0 Å². The fourth-order valence-corrected chi connectivity index (χ4v) is 2.72. The molecule has 0 radical (unpaired) electrons. The number of hydrogen-bond donors (Lipinski definition) is 3. The van der Waals surface area contributed by atoms with Crippen molar-refractivity contribution < 1.29 is 14.3 Å². The van der Waals surface area contributed by atoms with Gasteiger partial charge in [0.15, 0.2) is 0 Å². The Morgan fingerprint density at radius 1 is 1.22 bits per heavy atom. The minimum atomic E-state index is -0.334. The molecular weight excluding hydrogens is 294 g/mol. The Morgan fingerprint density at radius 2 is 2.04 bits per heavy atom. The Hall–Kier alpha value is -1.92. The Balaban J connectivity index is 1.61. The lowest BCUT2D eigenvalue weighted by molar-refractivity contribution is -0.125. The molecule has 1 aromatic carbocycles. The van der Waals surface area contributed by atoms with Gasteiger partial charge in [0.1, 0.15) is 0 Å². The standard InChI is InChI=1S/C17H25N3O3/c18-11-16(21)20-12-17(22)19-9-4-10-23-15-8-3-6-13-5-1-2-7-14(13)15/h1-2,5,7,15H,3-4,6,8-12,18H2,(H,19,22)(H,20,21). The first-order valence-electron chi connectivity index (χ1n) is 8.13. The molecule has 126 valence electrons. The highest BCUT2D eigenvalue weighted by Crippen LogP contribution is 2.32. The number of carbonyl (C=O) groups is 2. The zero-order chi connectivity index (χ0) is 16.5. The van der Waals surface area contributed by atoms with Crippen LogP contribution in [-0.4, -0.2) is 38.1 Å². The average molecular weight is 319 g/mol. The van der Waals surface area contributed by atoms with Crippen molar-refractivity contribution in [3.8, 4) is 0 Å². The van der Waals surface area contributed by atoms with Gasteiger partial charge < -0.3 is 21.1 Å². The maximum absolute atomic E-state index is 11.5. The number of hydrogen-bond acceptors (Lipinski definition) is 4. The highest BCUT2D eigenvalue weighted by molar-refractivity contribution is 5.85. The van der Waals surface area contributed by atoms with Gasteiger partial charge in [0, 0.05) is 13.2 Å². The monoisotopic (exact) mass is 319 g/mol. The van der Waals surface area contributed by atoms with E-state index in [1.807, 2.05) is 0 Å². The van der Waals surface area contributed by atoms with Crippen LogP contribution in [0.4, 0.5) is 0 Å². The summed E-state index contributed by atoms with van der Waals surface area (Å²) in [6, 6.07) is 8.43. The molecule has 0 saturated carbocycles. The summed E-state index contributed by atoms with van der Waals surface area (Å²) in [7, 11) is 0. The van der Waals surface area contributed by atoms with E-state index in [4.69, 9.17) is 10.5 Å². The summed E-state index contributed by atoms with van der Waals surface area (Å²) in [6.07, 6.45) is 4.24. The molecule has 4 N–H and O–H groups in total. The Bertz CT molecular complexity index is 534. The predicted molar refractivity (Wildman–Crippen MR) is 87.8 cm³/mol. The normalized spacial score (nSPS) is 16.5. The summed E-state index contributed by atoms with van der Waals surface area (Å²) in [5, 5.41) is 5.17. The minimum Gasteiger partial charge on any atom is -0.373 e. The summed E-state index contributed by atoms with van der Waals surface area (Å²) < 4.78 is 5.97. The third kappa shape index (κ3) is 5.65. The number of rotatable bonds is 8. The first-order chi connectivity index (χ1) is 11.2. The van der Waals surface area contributed by atoms with Gasteiger partial charge in [-0.2, -0.15) is 0 Å². The number of nitrogens with one attached hydrogen (secondary N) is 2. The van der Waals surface area contributed by atoms with Crippen LogP contribution in [-0.2, 0) is 20.7 Å². The molecule has 0 heterocycles. The summed E-state index contributed by atoms with van der Waals surface area (Å²) in [4.78, 5) is 22.4. The molecule has 1 aliphatic rings. The fraction of sp³-hybridized carbons (Fsp3) is 0.529. The van der Waals surface area contributed by atoms with Crippen LogP contribution in [0.3, 0.4) is 0 Å². The van der Waals surface area contributed by atoms with E-state index in [1.165, 1.54) is 11.1 Å². The molecule has 1 aromatic rings. The zero-order valence-electron chi connectivity index (χ0n) is 13.3. The van der Waals surface area contributed by atoms with Crippen LogP contribution >= 0.6 is 0 Å². The lowest BCUT2D eigenvalue weighted by Gasteiger charge is -2.25. The molecule has 0 aromatic heterocycles.